The minimum atomic E-state index is -0.533. The number of carbonyl (C=O) groups excluding carboxylic acids is 2. The van der Waals surface area contributed by atoms with Crippen molar-refractivity contribution in [3.63, 3.8) is 0 Å². The molecule has 0 fully saturated rings. The number of hydrogen-bond donors (Lipinski definition) is 0. The SMILES string of the molecule is CCCCCC/C=C\CCCCCCCCOCC(COC(=O)CCCCCCCCC/C=C\CCCCCCCC)OC(=O)CCCCCCCCCCCCC. The summed E-state index contributed by atoms with van der Waals surface area (Å²) in [4.78, 5) is 25.3. The first-order chi connectivity index (χ1) is 28.6. The molecule has 0 aliphatic carbocycles. The highest BCUT2D eigenvalue weighted by Gasteiger charge is 2.17. The van der Waals surface area contributed by atoms with Crippen LogP contribution in [0.15, 0.2) is 24.3 Å². The topological polar surface area (TPSA) is 61.8 Å². The summed E-state index contributed by atoms with van der Waals surface area (Å²) in [5.41, 5.74) is 0. The molecule has 5 nitrogen and oxygen atoms in total. The molecular weight excluding hydrogens is 717 g/mol. The number of allylic oxidation sites excluding steroid dienone is 4. The van der Waals surface area contributed by atoms with E-state index in [-0.39, 0.29) is 25.2 Å². The van der Waals surface area contributed by atoms with Gasteiger partial charge in [0.05, 0.1) is 6.61 Å². The standard InChI is InChI=1S/C53H100O5/c1-4-7-10-13-16-19-22-24-26-27-28-29-32-34-37-40-43-46-52(54)57-50-51(58-53(55)47-44-41-38-35-31-21-18-15-12-9-6-3)49-56-48-45-42-39-36-33-30-25-23-20-17-14-11-8-5-2/h20,23-24,26,51H,4-19,21-22,25,27-50H2,1-3H3/b23-20-,26-24-. The van der Waals surface area contributed by atoms with Crippen LogP contribution in [0.4, 0.5) is 0 Å². The third kappa shape index (κ3) is 47.1. The van der Waals surface area contributed by atoms with Crippen LogP contribution in [-0.4, -0.2) is 37.9 Å². The third-order valence-electron chi connectivity index (χ3n) is 11.5. The molecule has 342 valence electrons. The lowest BCUT2D eigenvalue weighted by Gasteiger charge is -2.18. The molecule has 0 aromatic rings. The number of rotatable bonds is 48. The summed E-state index contributed by atoms with van der Waals surface area (Å²) < 4.78 is 17.4. The number of hydrogen-bond acceptors (Lipinski definition) is 5. The quantitative estimate of drug-likeness (QED) is 0.0348. The molecule has 0 saturated carbocycles. The summed E-state index contributed by atoms with van der Waals surface area (Å²) in [5.74, 6) is -0.391. The highest BCUT2D eigenvalue weighted by Crippen LogP contribution is 2.15. The molecule has 0 aliphatic rings. The van der Waals surface area contributed by atoms with Crippen molar-refractivity contribution in [2.45, 2.75) is 284 Å². The van der Waals surface area contributed by atoms with Gasteiger partial charge in [0.15, 0.2) is 6.10 Å². The molecule has 5 heteroatoms. The molecular formula is C53H100O5. The Morgan fingerprint density at radius 3 is 1.07 bits per heavy atom. The average molecular weight is 817 g/mol. The lowest BCUT2D eigenvalue weighted by Crippen LogP contribution is -2.30. The zero-order chi connectivity index (χ0) is 42.1. The molecule has 0 N–H and O–H groups in total. The van der Waals surface area contributed by atoms with Gasteiger partial charge in [0, 0.05) is 19.4 Å². The van der Waals surface area contributed by atoms with Gasteiger partial charge >= 0.3 is 11.9 Å². The Morgan fingerprint density at radius 1 is 0.362 bits per heavy atom. The maximum atomic E-state index is 12.8. The number of esters is 2. The summed E-state index contributed by atoms with van der Waals surface area (Å²) in [6.45, 7) is 7.83. The Morgan fingerprint density at radius 2 is 0.672 bits per heavy atom. The van der Waals surface area contributed by atoms with Crippen LogP contribution in [0.25, 0.3) is 0 Å². The Bertz CT molecular complexity index is 882. The molecule has 0 aromatic carbocycles. The van der Waals surface area contributed by atoms with Crippen molar-refractivity contribution >= 4 is 11.9 Å². The normalized spacial score (nSPS) is 12.3. The van der Waals surface area contributed by atoms with E-state index < -0.39 is 6.10 Å². The van der Waals surface area contributed by atoms with Crippen LogP contribution >= 0.6 is 0 Å². The maximum Gasteiger partial charge on any atom is 0.306 e. The number of carbonyl (C=O) groups is 2. The van der Waals surface area contributed by atoms with Crippen molar-refractivity contribution in [3.8, 4) is 0 Å². The van der Waals surface area contributed by atoms with Crippen LogP contribution in [0, 0.1) is 0 Å². The lowest BCUT2D eigenvalue weighted by atomic mass is 10.1. The van der Waals surface area contributed by atoms with Gasteiger partial charge in [-0.2, -0.15) is 0 Å². The predicted molar refractivity (Wildman–Crippen MR) is 252 cm³/mol. The van der Waals surface area contributed by atoms with E-state index in [0.29, 0.717) is 19.4 Å². The highest BCUT2D eigenvalue weighted by atomic mass is 16.6. The monoisotopic (exact) mass is 817 g/mol. The first kappa shape index (κ1) is 56.4. The largest absolute Gasteiger partial charge is 0.462 e. The summed E-state index contributed by atoms with van der Waals surface area (Å²) >= 11 is 0. The van der Waals surface area contributed by atoms with Crippen LogP contribution in [0.5, 0.6) is 0 Å². The fraction of sp³-hybridized carbons (Fsp3) is 0.887. The second kappa shape index (κ2) is 49.7. The van der Waals surface area contributed by atoms with E-state index in [9.17, 15) is 9.59 Å². The summed E-state index contributed by atoms with van der Waals surface area (Å²) in [5, 5.41) is 0. The van der Waals surface area contributed by atoms with E-state index in [1.54, 1.807) is 0 Å². The zero-order valence-corrected chi connectivity index (χ0v) is 39.3. The highest BCUT2D eigenvalue weighted by molar-refractivity contribution is 5.70. The van der Waals surface area contributed by atoms with Gasteiger partial charge in [0.25, 0.3) is 0 Å². The van der Waals surface area contributed by atoms with E-state index in [1.165, 1.54) is 205 Å². The molecule has 0 spiro atoms. The molecule has 0 radical (unpaired) electrons. The Hall–Kier alpha value is -1.62. The average Bonchev–Trinajstić information content (AvgIpc) is 3.22. The van der Waals surface area contributed by atoms with E-state index in [1.807, 2.05) is 0 Å². The Balaban J connectivity index is 4.20. The van der Waals surface area contributed by atoms with Gasteiger partial charge in [-0.1, -0.05) is 218 Å². The fourth-order valence-electron chi connectivity index (χ4n) is 7.56. The van der Waals surface area contributed by atoms with Gasteiger partial charge in [0.2, 0.25) is 0 Å². The van der Waals surface area contributed by atoms with E-state index in [2.05, 4.69) is 45.1 Å². The molecule has 0 aromatic heterocycles. The third-order valence-corrected chi connectivity index (χ3v) is 11.5. The number of ether oxygens (including phenoxy) is 3. The molecule has 1 atom stereocenters. The molecule has 0 amide bonds. The van der Waals surface area contributed by atoms with E-state index in [4.69, 9.17) is 14.2 Å². The van der Waals surface area contributed by atoms with Crippen molar-refractivity contribution in [2.24, 2.45) is 0 Å². The first-order valence-electron chi connectivity index (χ1n) is 25.9. The molecule has 0 heterocycles. The van der Waals surface area contributed by atoms with Crippen molar-refractivity contribution in [1.82, 2.24) is 0 Å². The summed E-state index contributed by atoms with van der Waals surface area (Å²) in [7, 11) is 0. The Labute approximate surface area is 362 Å². The smallest absolute Gasteiger partial charge is 0.306 e. The van der Waals surface area contributed by atoms with E-state index in [0.717, 1.165) is 38.5 Å². The summed E-state index contributed by atoms with van der Waals surface area (Å²) in [6, 6.07) is 0. The molecule has 58 heavy (non-hydrogen) atoms. The van der Waals surface area contributed by atoms with Crippen LogP contribution < -0.4 is 0 Å². The maximum absolute atomic E-state index is 12.8. The number of unbranched alkanes of at least 4 members (excludes halogenated alkanes) is 33. The van der Waals surface area contributed by atoms with Crippen molar-refractivity contribution in [2.75, 3.05) is 19.8 Å². The Kier molecular flexibility index (Phi) is 48.4. The van der Waals surface area contributed by atoms with E-state index >= 15 is 0 Å². The molecule has 0 saturated heterocycles. The van der Waals surface area contributed by atoms with Crippen molar-refractivity contribution < 1.29 is 23.8 Å². The van der Waals surface area contributed by atoms with Gasteiger partial charge in [-0.15, -0.1) is 0 Å². The molecule has 0 rings (SSSR count). The van der Waals surface area contributed by atoms with Crippen LogP contribution in [-0.2, 0) is 23.8 Å². The van der Waals surface area contributed by atoms with Crippen LogP contribution in [0.2, 0.25) is 0 Å². The van der Waals surface area contributed by atoms with Gasteiger partial charge in [0.1, 0.15) is 6.61 Å². The fourth-order valence-corrected chi connectivity index (χ4v) is 7.56. The minimum Gasteiger partial charge on any atom is -0.462 e. The molecule has 0 aliphatic heterocycles. The van der Waals surface area contributed by atoms with Gasteiger partial charge in [-0.3, -0.25) is 9.59 Å². The predicted octanol–water partition coefficient (Wildman–Crippen LogP) is 17.2. The second-order valence-electron chi connectivity index (χ2n) is 17.4. The van der Waals surface area contributed by atoms with Crippen molar-refractivity contribution in [3.05, 3.63) is 24.3 Å². The molecule has 1 unspecified atom stereocenters. The summed E-state index contributed by atoms with van der Waals surface area (Å²) in [6.07, 6.45) is 57.5. The van der Waals surface area contributed by atoms with Crippen LogP contribution in [0.3, 0.4) is 0 Å². The second-order valence-corrected chi connectivity index (χ2v) is 17.4. The van der Waals surface area contributed by atoms with Gasteiger partial charge in [-0.05, 0) is 70.6 Å². The van der Waals surface area contributed by atoms with Crippen LogP contribution in [0.1, 0.15) is 278 Å². The van der Waals surface area contributed by atoms with Crippen molar-refractivity contribution in [1.29, 1.82) is 0 Å². The molecule has 0 bridgehead atoms. The lowest BCUT2D eigenvalue weighted by molar-refractivity contribution is -0.163. The minimum absolute atomic E-state index is 0.0867. The zero-order valence-electron chi connectivity index (χ0n) is 39.3. The first-order valence-corrected chi connectivity index (χ1v) is 25.9. The van der Waals surface area contributed by atoms with Gasteiger partial charge in [-0.25, -0.2) is 0 Å². The van der Waals surface area contributed by atoms with Gasteiger partial charge < -0.3 is 14.2 Å².